The highest BCUT2D eigenvalue weighted by atomic mass is 35.5. The van der Waals surface area contributed by atoms with Gasteiger partial charge in [0.2, 0.25) is 0 Å². The number of carbonyl (C=O) groups is 2. The van der Waals surface area contributed by atoms with Crippen LogP contribution in [0.3, 0.4) is 0 Å². The van der Waals surface area contributed by atoms with Gasteiger partial charge >= 0.3 is 5.97 Å². The number of benzene rings is 2. The minimum Gasteiger partial charge on any atom is -0.494 e. The Hall–Kier alpha value is -2.04. The predicted octanol–water partition coefficient (Wildman–Crippen LogP) is 5.00. The van der Waals surface area contributed by atoms with Gasteiger partial charge in [-0.25, -0.2) is 4.79 Å². The van der Waals surface area contributed by atoms with Crippen LogP contribution in [0.5, 0.6) is 5.75 Å². The van der Waals surface area contributed by atoms with Crippen molar-refractivity contribution >= 4 is 35.0 Å². The summed E-state index contributed by atoms with van der Waals surface area (Å²) in [5, 5.41) is 9.11. The highest BCUT2D eigenvalue weighted by Crippen LogP contribution is 2.59. The number of Topliss-reactive ketones (excluding diaryl/α,β-unsaturated/α-hetero) is 1. The number of ketones is 1. The SMILES string of the molecule is CCCCOc1ccc(C2(c3ccc(C(=O)O)cc3)CC(=O)C2(Cl)Cl)cc1. The van der Waals surface area contributed by atoms with Gasteiger partial charge in [-0.3, -0.25) is 4.79 Å². The number of alkyl halides is 2. The zero-order chi connectivity index (χ0) is 19.7. The van der Waals surface area contributed by atoms with E-state index < -0.39 is 15.7 Å². The molecule has 142 valence electrons. The Morgan fingerprint density at radius 1 is 1.07 bits per heavy atom. The molecule has 1 atom stereocenters. The molecule has 1 unspecified atom stereocenters. The lowest BCUT2D eigenvalue weighted by atomic mass is 9.59. The maximum absolute atomic E-state index is 12.1. The second-order valence-corrected chi connectivity index (χ2v) is 8.02. The van der Waals surface area contributed by atoms with Crippen LogP contribution in [0, 0.1) is 0 Å². The molecule has 1 aliphatic carbocycles. The highest BCUT2D eigenvalue weighted by Gasteiger charge is 2.66. The molecule has 2 aromatic carbocycles. The molecule has 4 nitrogen and oxygen atoms in total. The molecule has 0 amide bonds. The van der Waals surface area contributed by atoms with Crippen molar-refractivity contribution in [2.24, 2.45) is 0 Å². The Labute approximate surface area is 168 Å². The summed E-state index contributed by atoms with van der Waals surface area (Å²) < 4.78 is 4.08. The smallest absolute Gasteiger partial charge is 0.335 e. The van der Waals surface area contributed by atoms with Crippen LogP contribution in [0.2, 0.25) is 0 Å². The lowest BCUT2D eigenvalue weighted by Gasteiger charge is -2.51. The quantitative estimate of drug-likeness (QED) is 0.519. The summed E-state index contributed by atoms with van der Waals surface area (Å²) in [6.45, 7) is 2.74. The molecule has 0 aliphatic heterocycles. The molecule has 3 rings (SSSR count). The standard InChI is InChI=1S/C21H20Cl2O4/c1-2-3-12-27-17-10-8-16(9-11-17)20(13-18(24)21(20,22)23)15-6-4-14(5-7-15)19(25)26/h4-11H,2-3,12-13H2,1H3,(H,25,26). The number of carbonyl (C=O) groups excluding carboxylic acids is 1. The van der Waals surface area contributed by atoms with E-state index in [1.54, 1.807) is 12.1 Å². The number of hydrogen-bond donors (Lipinski definition) is 1. The van der Waals surface area contributed by atoms with Gasteiger partial charge in [0, 0.05) is 6.42 Å². The van der Waals surface area contributed by atoms with Crippen LogP contribution in [0.4, 0.5) is 0 Å². The molecular weight excluding hydrogens is 387 g/mol. The molecule has 27 heavy (non-hydrogen) atoms. The van der Waals surface area contributed by atoms with Crippen molar-refractivity contribution in [3.63, 3.8) is 0 Å². The Balaban J connectivity index is 1.97. The number of carboxylic acid groups (broad SMARTS) is 1. The van der Waals surface area contributed by atoms with Gasteiger partial charge in [0.1, 0.15) is 5.75 Å². The number of rotatable bonds is 7. The first kappa shape index (κ1) is 19.7. The van der Waals surface area contributed by atoms with Crippen LogP contribution in [0.15, 0.2) is 48.5 Å². The predicted molar refractivity (Wildman–Crippen MR) is 105 cm³/mol. The molecule has 6 heteroatoms. The molecular formula is C21H20Cl2O4. The summed E-state index contributed by atoms with van der Waals surface area (Å²) in [5.74, 6) is -0.530. The van der Waals surface area contributed by atoms with Crippen molar-refractivity contribution < 1.29 is 19.4 Å². The van der Waals surface area contributed by atoms with Crippen molar-refractivity contribution in [2.75, 3.05) is 6.61 Å². The van der Waals surface area contributed by atoms with Crippen LogP contribution >= 0.6 is 23.2 Å². The second kappa shape index (κ2) is 7.53. The molecule has 1 N–H and O–H groups in total. The van der Waals surface area contributed by atoms with Crippen molar-refractivity contribution in [2.45, 2.75) is 35.9 Å². The van der Waals surface area contributed by atoms with Crippen LogP contribution in [0.25, 0.3) is 0 Å². The number of ether oxygens (including phenoxy) is 1. The summed E-state index contributed by atoms with van der Waals surface area (Å²) in [6.07, 6.45) is 2.18. The topological polar surface area (TPSA) is 63.6 Å². The molecule has 1 aliphatic rings. The van der Waals surface area contributed by atoms with Crippen molar-refractivity contribution in [3.05, 3.63) is 65.2 Å². The summed E-state index contributed by atoms with van der Waals surface area (Å²) in [4.78, 5) is 23.3. The summed E-state index contributed by atoms with van der Waals surface area (Å²) >= 11 is 12.9. The highest BCUT2D eigenvalue weighted by molar-refractivity contribution is 6.62. The third-order valence-electron chi connectivity index (χ3n) is 5.05. The van der Waals surface area contributed by atoms with E-state index in [0.717, 1.165) is 24.2 Å². The Morgan fingerprint density at radius 2 is 1.63 bits per heavy atom. The Bertz CT molecular complexity index is 843. The first-order valence-corrected chi connectivity index (χ1v) is 9.57. The molecule has 1 saturated carbocycles. The van der Waals surface area contributed by atoms with Crippen molar-refractivity contribution in [1.29, 1.82) is 0 Å². The Kier molecular flexibility index (Phi) is 5.50. The maximum atomic E-state index is 12.1. The van der Waals surface area contributed by atoms with E-state index in [1.807, 2.05) is 24.3 Å². The molecule has 0 aromatic heterocycles. The van der Waals surface area contributed by atoms with Gasteiger partial charge in [-0.1, -0.05) is 60.8 Å². The van der Waals surface area contributed by atoms with Gasteiger partial charge in [-0.05, 0) is 41.8 Å². The van der Waals surface area contributed by atoms with Gasteiger partial charge in [0.05, 0.1) is 17.6 Å². The molecule has 0 heterocycles. The van der Waals surface area contributed by atoms with Gasteiger partial charge in [-0.2, -0.15) is 0 Å². The molecule has 1 fully saturated rings. The molecule has 0 saturated heterocycles. The van der Waals surface area contributed by atoms with Crippen molar-refractivity contribution in [1.82, 2.24) is 0 Å². The summed E-state index contributed by atoms with van der Waals surface area (Å²) in [6, 6.07) is 13.7. The third-order valence-corrected chi connectivity index (χ3v) is 6.12. The van der Waals surface area contributed by atoms with Crippen LogP contribution in [-0.2, 0) is 10.2 Å². The lowest BCUT2D eigenvalue weighted by Crippen LogP contribution is -2.61. The van der Waals surface area contributed by atoms with Gasteiger partial charge in [0.25, 0.3) is 0 Å². The van der Waals surface area contributed by atoms with Gasteiger partial charge < -0.3 is 9.84 Å². The minimum atomic E-state index is -1.61. The fourth-order valence-corrected chi connectivity index (χ4v) is 4.10. The summed E-state index contributed by atoms with van der Waals surface area (Å²) in [7, 11) is 0. The van der Waals surface area contributed by atoms with Crippen molar-refractivity contribution in [3.8, 4) is 5.75 Å². The molecule has 0 radical (unpaired) electrons. The molecule has 2 aromatic rings. The maximum Gasteiger partial charge on any atom is 0.335 e. The lowest BCUT2D eigenvalue weighted by molar-refractivity contribution is -0.128. The fourth-order valence-electron chi connectivity index (χ4n) is 3.39. The third kappa shape index (κ3) is 3.32. The van der Waals surface area contributed by atoms with E-state index in [9.17, 15) is 9.59 Å². The number of unbranched alkanes of at least 4 members (excludes halogenated alkanes) is 1. The fraction of sp³-hybridized carbons (Fsp3) is 0.333. The minimum absolute atomic E-state index is 0.155. The van der Waals surface area contributed by atoms with E-state index in [1.165, 1.54) is 12.1 Å². The zero-order valence-electron chi connectivity index (χ0n) is 14.9. The number of carboxylic acids is 1. The average molecular weight is 407 g/mol. The number of halogens is 2. The number of aromatic carboxylic acids is 1. The van der Waals surface area contributed by atoms with Crippen LogP contribution in [0.1, 0.15) is 47.7 Å². The second-order valence-electron chi connectivity index (χ2n) is 6.69. The van der Waals surface area contributed by atoms with Gasteiger partial charge in [-0.15, -0.1) is 0 Å². The van der Waals surface area contributed by atoms with E-state index in [-0.39, 0.29) is 17.8 Å². The zero-order valence-corrected chi connectivity index (χ0v) is 16.4. The van der Waals surface area contributed by atoms with Gasteiger partial charge in [0.15, 0.2) is 10.1 Å². The van der Waals surface area contributed by atoms with E-state index in [4.69, 9.17) is 33.0 Å². The van der Waals surface area contributed by atoms with Crippen LogP contribution < -0.4 is 4.74 Å². The molecule has 0 spiro atoms. The molecule has 0 bridgehead atoms. The van der Waals surface area contributed by atoms with E-state index >= 15 is 0 Å². The average Bonchev–Trinajstić information content (AvgIpc) is 2.67. The van der Waals surface area contributed by atoms with E-state index in [0.29, 0.717) is 12.2 Å². The Morgan fingerprint density at radius 3 is 2.07 bits per heavy atom. The largest absolute Gasteiger partial charge is 0.494 e. The first-order valence-electron chi connectivity index (χ1n) is 8.81. The monoisotopic (exact) mass is 406 g/mol. The van der Waals surface area contributed by atoms with E-state index in [2.05, 4.69) is 6.92 Å². The normalized spacial score (nSPS) is 20.8. The summed E-state index contributed by atoms with van der Waals surface area (Å²) in [5.41, 5.74) is 0.732. The first-order chi connectivity index (χ1) is 12.8. The van der Waals surface area contributed by atoms with Crippen LogP contribution in [-0.4, -0.2) is 27.8 Å². The number of hydrogen-bond acceptors (Lipinski definition) is 3.